The monoisotopic (exact) mass is 442 g/mol. The Morgan fingerprint density at radius 1 is 0.968 bits per heavy atom. The van der Waals surface area contributed by atoms with Crippen molar-refractivity contribution < 1.29 is 27.1 Å². The largest absolute Gasteiger partial charge is 0.462 e. The number of hydrogen-bond donors (Lipinski definition) is 2. The minimum absolute atomic E-state index is 0.0700. The normalized spacial score (nSPS) is 10.9. The van der Waals surface area contributed by atoms with Gasteiger partial charge in [-0.25, -0.2) is 17.6 Å². The molecule has 0 aliphatic carbocycles. The summed E-state index contributed by atoms with van der Waals surface area (Å²) in [6.07, 6.45) is 0. The van der Waals surface area contributed by atoms with Crippen LogP contribution in [0.4, 0.5) is 15.8 Å². The van der Waals surface area contributed by atoms with Crippen molar-refractivity contribution in [3.63, 3.8) is 0 Å². The fourth-order valence-electron chi connectivity index (χ4n) is 2.71. The number of carbonyl (C=O) groups excluding carboxylic acids is 2. The molecule has 7 nitrogen and oxygen atoms in total. The number of carbonyl (C=O) groups is 2. The fourth-order valence-corrected chi connectivity index (χ4v) is 3.81. The summed E-state index contributed by atoms with van der Waals surface area (Å²) in [7, 11) is -4.01. The highest BCUT2D eigenvalue weighted by atomic mass is 32.2. The van der Waals surface area contributed by atoms with Crippen molar-refractivity contribution in [2.24, 2.45) is 0 Å². The molecule has 0 aliphatic heterocycles. The van der Waals surface area contributed by atoms with Crippen LogP contribution in [0.2, 0.25) is 0 Å². The molecule has 1 amide bonds. The first-order chi connectivity index (χ1) is 14.8. The number of rotatable bonds is 7. The zero-order valence-corrected chi connectivity index (χ0v) is 17.3. The highest BCUT2D eigenvalue weighted by molar-refractivity contribution is 7.92. The molecule has 0 saturated carbocycles. The summed E-state index contributed by atoms with van der Waals surface area (Å²) >= 11 is 0. The summed E-state index contributed by atoms with van der Waals surface area (Å²) in [5, 5.41) is 2.60. The van der Waals surface area contributed by atoms with Crippen LogP contribution in [-0.2, 0) is 14.8 Å². The molecule has 0 spiro atoms. The molecule has 2 N–H and O–H groups in total. The molecular formula is C22H19FN2O5S. The first kappa shape index (κ1) is 22.0. The van der Waals surface area contributed by atoms with Gasteiger partial charge in [-0.15, -0.1) is 0 Å². The maximum atomic E-state index is 13.0. The van der Waals surface area contributed by atoms with E-state index in [9.17, 15) is 22.4 Å². The van der Waals surface area contributed by atoms with Gasteiger partial charge in [0.05, 0.1) is 22.8 Å². The fraction of sp³-hybridized carbons (Fsp3) is 0.0909. The number of amides is 1. The summed E-state index contributed by atoms with van der Waals surface area (Å²) in [5.41, 5.74) is 0.670. The maximum absolute atomic E-state index is 13.0. The Hall–Kier alpha value is -3.72. The number of sulfonamides is 1. The van der Waals surface area contributed by atoms with E-state index in [-0.39, 0.29) is 34.0 Å². The van der Waals surface area contributed by atoms with E-state index in [1.165, 1.54) is 42.5 Å². The Morgan fingerprint density at radius 3 is 2.39 bits per heavy atom. The second-order valence-electron chi connectivity index (χ2n) is 6.36. The number of anilines is 2. The molecule has 31 heavy (non-hydrogen) atoms. The van der Waals surface area contributed by atoms with Gasteiger partial charge in [0.15, 0.2) is 0 Å². The van der Waals surface area contributed by atoms with Gasteiger partial charge in [-0.1, -0.05) is 18.2 Å². The number of halogens is 1. The summed E-state index contributed by atoms with van der Waals surface area (Å²) in [5.74, 6) is -1.68. The van der Waals surface area contributed by atoms with Crippen LogP contribution in [0.15, 0.2) is 77.7 Å². The summed E-state index contributed by atoms with van der Waals surface area (Å²) in [6, 6.07) is 16.6. The zero-order valence-electron chi connectivity index (χ0n) is 16.5. The highest BCUT2D eigenvalue weighted by Gasteiger charge is 2.18. The van der Waals surface area contributed by atoms with Crippen LogP contribution in [0, 0.1) is 5.82 Å². The molecule has 0 atom stereocenters. The predicted octanol–water partition coefficient (Wildman–Crippen LogP) is 4.06. The molecule has 0 aromatic heterocycles. The second-order valence-corrected chi connectivity index (χ2v) is 8.04. The number of esters is 1. The van der Waals surface area contributed by atoms with E-state index < -0.39 is 27.7 Å². The molecule has 9 heteroatoms. The van der Waals surface area contributed by atoms with Gasteiger partial charge in [0.2, 0.25) is 0 Å². The molecule has 0 unspecified atom stereocenters. The van der Waals surface area contributed by atoms with Gasteiger partial charge in [-0.3, -0.25) is 9.52 Å². The minimum Gasteiger partial charge on any atom is -0.462 e. The Balaban J connectivity index is 1.82. The van der Waals surface area contributed by atoms with Crippen LogP contribution < -0.4 is 10.0 Å². The van der Waals surface area contributed by atoms with E-state index in [1.807, 2.05) is 0 Å². The molecule has 0 heterocycles. The van der Waals surface area contributed by atoms with Crippen molar-refractivity contribution in [3.05, 3.63) is 89.7 Å². The number of para-hydroxylation sites is 1. The SMILES string of the molecule is CCOC(=O)c1ccccc1NC(=O)c1cccc(S(=O)(=O)Nc2ccc(F)cc2)c1. The number of hydrogen-bond acceptors (Lipinski definition) is 5. The average Bonchev–Trinajstić information content (AvgIpc) is 2.76. The van der Waals surface area contributed by atoms with Crippen LogP contribution in [0.5, 0.6) is 0 Å². The number of benzene rings is 3. The molecule has 3 aromatic carbocycles. The quantitative estimate of drug-likeness (QED) is 0.538. The lowest BCUT2D eigenvalue weighted by atomic mass is 10.1. The van der Waals surface area contributed by atoms with E-state index in [2.05, 4.69) is 10.0 Å². The van der Waals surface area contributed by atoms with Gasteiger partial charge in [0.25, 0.3) is 15.9 Å². The third-order valence-electron chi connectivity index (χ3n) is 4.17. The third kappa shape index (κ3) is 5.46. The van der Waals surface area contributed by atoms with Crippen molar-refractivity contribution in [2.45, 2.75) is 11.8 Å². The van der Waals surface area contributed by atoms with Crippen molar-refractivity contribution in [1.29, 1.82) is 0 Å². The van der Waals surface area contributed by atoms with E-state index in [4.69, 9.17) is 4.74 Å². The molecular weight excluding hydrogens is 423 g/mol. The Labute approximate surface area is 178 Å². The summed E-state index contributed by atoms with van der Waals surface area (Å²) in [4.78, 5) is 24.6. The maximum Gasteiger partial charge on any atom is 0.340 e. The molecule has 0 radical (unpaired) electrons. The standard InChI is InChI=1S/C22H19FN2O5S/c1-2-30-22(27)19-8-3-4-9-20(19)24-21(26)15-6-5-7-18(14-15)31(28,29)25-17-12-10-16(23)11-13-17/h3-14,25H,2H2,1H3,(H,24,26). The zero-order chi connectivity index (χ0) is 22.4. The lowest BCUT2D eigenvalue weighted by molar-refractivity contribution is 0.0527. The Kier molecular flexibility index (Phi) is 6.66. The van der Waals surface area contributed by atoms with Crippen molar-refractivity contribution in [2.75, 3.05) is 16.6 Å². The van der Waals surface area contributed by atoms with Crippen molar-refractivity contribution in [3.8, 4) is 0 Å². The first-order valence-corrected chi connectivity index (χ1v) is 10.7. The highest BCUT2D eigenvalue weighted by Crippen LogP contribution is 2.20. The first-order valence-electron chi connectivity index (χ1n) is 9.26. The van der Waals surface area contributed by atoms with E-state index in [0.29, 0.717) is 0 Å². The number of ether oxygens (including phenoxy) is 1. The van der Waals surface area contributed by atoms with Crippen LogP contribution in [0.25, 0.3) is 0 Å². The van der Waals surface area contributed by atoms with Gasteiger partial charge >= 0.3 is 5.97 Å². The van der Waals surface area contributed by atoms with Gasteiger partial charge in [0, 0.05) is 11.3 Å². The Bertz CT molecular complexity index is 1210. The minimum atomic E-state index is -4.01. The summed E-state index contributed by atoms with van der Waals surface area (Å²) in [6.45, 7) is 1.85. The van der Waals surface area contributed by atoms with Crippen molar-refractivity contribution >= 4 is 33.3 Å². The molecule has 3 aromatic rings. The Morgan fingerprint density at radius 2 is 1.68 bits per heavy atom. The molecule has 3 rings (SSSR count). The second kappa shape index (κ2) is 9.40. The van der Waals surface area contributed by atoms with Crippen molar-refractivity contribution in [1.82, 2.24) is 0 Å². The molecule has 0 bridgehead atoms. The van der Waals surface area contributed by atoms with E-state index >= 15 is 0 Å². The molecule has 160 valence electrons. The molecule has 0 aliphatic rings. The van der Waals surface area contributed by atoms with Gasteiger partial charge < -0.3 is 10.1 Å². The van der Waals surface area contributed by atoms with Crippen LogP contribution in [0.3, 0.4) is 0 Å². The van der Waals surface area contributed by atoms with E-state index in [1.54, 1.807) is 25.1 Å². The lowest BCUT2D eigenvalue weighted by Gasteiger charge is -2.12. The van der Waals surface area contributed by atoms with Gasteiger partial charge in [0.1, 0.15) is 5.82 Å². The smallest absolute Gasteiger partial charge is 0.340 e. The molecule has 0 fully saturated rings. The van der Waals surface area contributed by atoms with E-state index in [0.717, 1.165) is 12.1 Å². The number of nitrogens with one attached hydrogen (secondary N) is 2. The lowest BCUT2D eigenvalue weighted by Crippen LogP contribution is -2.17. The van der Waals surface area contributed by atoms with Crippen LogP contribution >= 0.6 is 0 Å². The predicted molar refractivity (Wildman–Crippen MR) is 114 cm³/mol. The van der Waals surface area contributed by atoms with Crippen LogP contribution in [-0.4, -0.2) is 26.9 Å². The van der Waals surface area contributed by atoms with Crippen LogP contribution in [0.1, 0.15) is 27.6 Å². The molecule has 0 saturated heterocycles. The van der Waals surface area contributed by atoms with Gasteiger partial charge in [-0.05, 0) is 61.5 Å². The average molecular weight is 442 g/mol. The van der Waals surface area contributed by atoms with Gasteiger partial charge in [-0.2, -0.15) is 0 Å². The summed E-state index contributed by atoms with van der Waals surface area (Å²) < 4.78 is 45.6. The topological polar surface area (TPSA) is 102 Å². The third-order valence-corrected chi connectivity index (χ3v) is 5.55.